The minimum absolute atomic E-state index is 0.0826. The molecule has 0 spiro atoms. The fourth-order valence-electron chi connectivity index (χ4n) is 6.45. The minimum Gasteiger partial charge on any atom is -0.494 e. The van der Waals surface area contributed by atoms with Gasteiger partial charge in [0, 0.05) is 44.2 Å². The Morgan fingerprint density at radius 1 is 0.983 bits per heavy atom. The van der Waals surface area contributed by atoms with Crippen molar-refractivity contribution < 1.29 is 60.9 Å². The number of nitrogens with one attached hydrogen (secondary N) is 1. The molecule has 6 atom stereocenters. The number of ether oxygens (including phenoxy) is 5. The van der Waals surface area contributed by atoms with E-state index < -0.39 is 67.7 Å². The molecule has 0 radical (unpaired) electrons. The van der Waals surface area contributed by atoms with Crippen molar-refractivity contribution >= 4 is 36.6 Å². The predicted octanol–water partition coefficient (Wildman–Crippen LogP) is 5.64. The normalized spacial score (nSPS) is 19.8. The lowest BCUT2D eigenvalue weighted by atomic mass is 9.84. The van der Waals surface area contributed by atoms with Crippen molar-refractivity contribution in [2.24, 2.45) is 11.8 Å². The number of unbranched alkanes of at least 4 members (excludes halogenated alkanes) is 3. The fourth-order valence-corrected chi connectivity index (χ4v) is 6.55. The van der Waals surface area contributed by atoms with Crippen LogP contribution in [0.3, 0.4) is 0 Å². The highest BCUT2D eigenvalue weighted by atomic mass is 32.1. The quantitative estimate of drug-likeness (QED) is 0.0445. The third-order valence-electron chi connectivity index (χ3n) is 9.44. The van der Waals surface area contributed by atoms with Gasteiger partial charge in [-0.1, -0.05) is 92.1 Å². The molecule has 0 saturated carbocycles. The third-order valence-corrected chi connectivity index (χ3v) is 9.53. The first-order chi connectivity index (χ1) is 27.6. The summed E-state index contributed by atoms with van der Waals surface area (Å²) in [6, 6.07) is 15.5. The molecule has 2 heterocycles. The summed E-state index contributed by atoms with van der Waals surface area (Å²) in [7, 11) is 0. The van der Waals surface area contributed by atoms with Crippen molar-refractivity contribution in [3.63, 3.8) is 0 Å². The van der Waals surface area contributed by atoms with Crippen molar-refractivity contribution in [3.05, 3.63) is 66.4 Å². The van der Waals surface area contributed by atoms with Crippen molar-refractivity contribution in [2.75, 3.05) is 19.8 Å². The van der Waals surface area contributed by atoms with Crippen LogP contribution in [0.25, 0.3) is 11.3 Å². The zero-order valence-electron chi connectivity index (χ0n) is 32.8. The van der Waals surface area contributed by atoms with Crippen LogP contribution in [0.2, 0.25) is 0 Å². The van der Waals surface area contributed by atoms with Crippen LogP contribution in [0.15, 0.2) is 60.8 Å². The summed E-state index contributed by atoms with van der Waals surface area (Å²) in [6.45, 7) is 5.23. The average molecular weight is 838 g/mol. The van der Waals surface area contributed by atoms with E-state index >= 15 is 0 Å². The second kappa shape index (κ2) is 22.4. The number of alkyl halides is 3. The van der Waals surface area contributed by atoms with E-state index in [2.05, 4.69) is 32.8 Å². The van der Waals surface area contributed by atoms with Crippen molar-refractivity contribution in [1.82, 2.24) is 24.8 Å². The topological polar surface area (TPSA) is 170 Å². The maximum Gasteiger partial charge on any atom is 0.471 e. The summed E-state index contributed by atoms with van der Waals surface area (Å²) < 4.78 is 71.9. The molecule has 4 rings (SSSR count). The van der Waals surface area contributed by atoms with Gasteiger partial charge in [0.25, 0.3) is 0 Å². The van der Waals surface area contributed by atoms with Gasteiger partial charge in [0.15, 0.2) is 6.29 Å². The molecule has 1 aromatic heterocycles. The van der Waals surface area contributed by atoms with E-state index in [1.807, 2.05) is 38.1 Å². The first-order valence-electron chi connectivity index (χ1n) is 18.9. The second-order valence-corrected chi connectivity index (χ2v) is 14.2. The first-order valence-corrected chi connectivity index (χ1v) is 19.3. The van der Waals surface area contributed by atoms with Gasteiger partial charge in [-0.25, -0.2) is 4.68 Å². The van der Waals surface area contributed by atoms with Gasteiger partial charge in [0.05, 0.1) is 32.5 Å². The highest BCUT2D eigenvalue weighted by molar-refractivity contribution is 7.77. The van der Waals surface area contributed by atoms with Gasteiger partial charge in [0.1, 0.15) is 29.8 Å². The predicted molar refractivity (Wildman–Crippen MR) is 204 cm³/mol. The maximum absolute atomic E-state index is 13.7. The standard InChI is InChI=1S/C39H50F3N5O10S/c1-25-26(2)37(53-24-32(54-27(3)48)21-46(38(51)39(40,41)42)20-29-13-8-7-9-14-29)56-34(36(25)55-28(4)49)23-47-22-33(43-44-47)30-15-12-16-31(19-30)52-18-11-6-5-10-17-35(50)57-45-58/h7-9,12-16,19,22,25-26,32,34,36-37,45,58H,5-6,10-11,17-18,20-21,23-24H2,1-4H3/t25-,26?,32?,34?,36-,37?/m1/s1. The summed E-state index contributed by atoms with van der Waals surface area (Å²) in [5.41, 5.74) is 1.73. The number of esters is 2. The lowest BCUT2D eigenvalue weighted by molar-refractivity contribution is -0.274. The van der Waals surface area contributed by atoms with Gasteiger partial charge in [0.2, 0.25) is 0 Å². The molecule has 19 heteroatoms. The Bertz CT molecular complexity index is 1790. The number of hydrogen-bond acceptors (Lipinski definition) is 14. The second-order valence-electron chi connectivity index (χ2n) is 14.0. The molecule has 15 nitrogen and oxygen atoms in total. The molecule has 1 amide bonds. The third kappa shape index (κ3) is 14.6. The van der Waals surface area contributed by atoms with Gasteiger partial charge in [-0.05, 0) is 30.5 Å². The van der Waals surface area contributed by atoms with Crippen LogP contribution in [0.4, 0.5) is 13.2 Å². The molecule has 0 bridgehead atoms. The monoisotopic (exact) mass is 837 g/mol. The fraction of sp³-hybridized carbons (Fsp3) is 0.538. The molecule has 1 aliphatic rings. The molecule has 2 aromatic carbocycles. The maximum atomic E-state index is 13.7. The van der Waals surface area contributed by atoms with Crippen LogP contribution in [0, 0.1) is 11.8 Å². The van der Waals surface area contributed by atoms with E-state index in [9.17, 15) is 32.3 Å². The number of benzene rings is 2. The molecule has 1 N–H and O–H groups in total. The number of rotatable bonds is 21. The minimum atomic E-state index is -5.17. The molecule has 4 unspecified atom stereocenters. The Balaban J connectivity index is 1.41. The van der Waals surface area contributed by atoms with Crippen LogP contribution in [0.1, 0.15) is 65.4 Å². The molecule has 1 saturated heterocycles. The number of thiol groups is 1. The lowest BCUT2D eigenvalue weighted by Gasteiger charge is -2.44. The number of carbonyl (C=O) groups is 4. The Kier molecular flexibility index (Phi) is 17.8. The zero-order chi connectivity index (χ0) is 42.2. The van der Waals surface area contributed by atoms with Crippen molar-refractivity contribution in [3.8, 4) is 17.0 Å². The van der Waals surface area contributed by atoms with Crippen LogP contribution in [-0.2, 0) is 56.1 Å². The number of halogens is 3. The molecule has 1 fully saturated rings. The van der Waals surface area contributed by atoms with E-state index in [1.54, 1.807) is 36.5 Å². The summed E-state index contributed by atoms with van der Waals surface area (Å²) in [5, 5.41) is 8.59. The molecule has 1 aliphatic heterocycles. The van der Waals surface area contributed by atoms with E-state index in [0.29, 0.717) is 41.4 Å². The largest absolute Gasteiger partial charge is 0.494 e. The number of nitrogens with zero attached hydrogens (tertiary/aromatic N) is 4. The molecular formula is C39H50F3N5O10S. The van der Waals surface area contributed by atoms with E-state index in [1.165, 1.54) is 11.6 Å². The summed E-state index contributed by atoms with van der Waals surface area (Å²) in [6.07, 6.45) is -3.75. The van der Waals surface area contributed by atoms with E-state index in [0.717, 1.165) is 31.7 Å². The Morgan fingerprint density at radius 2 is 1.72 bits per heavy atom. The average Bonchev–Trinajstić information content (AvgIpc) is 3.64. The summed E-state index contributed by atoms with van der Waals surface area (Å²) in [4.78, 5) is 55.3. The van der Waals surface area contributed by atoms with Crippen LogP contribution >= 0.6 is 12.8 Å². The molecule has 0 aliphatic carbocycles. The van der Waals surface area contributed by atoms with Crippen LogP contribution in [-0.4, -0.2) is 94.2 Å². The Hall–Kier alpha value is -4.72. The number of aromatic nitrogens is 3. The van der Waals surface area contributed by atoms with Gasteiger partial charge in [-0.3, -0.25) is 19.2 Å². The van der Waals surface area contributed by atoms with Crippen LogP contribution < -0.4 is 9.62 Å². The van der Waals surface area contributed by atoms with E-state index in [-0.39, 0.29) is 25.0 Å². The SMILES string of the molecule is CC(=O)OC(COC1OC(Cn2cc(-c3cccc(OCCCCCCC(=O)ONS)c3)nn2)[C@H](OC(C)=O)[C@H](C)C1C)CN(Cc1ccccc1)C(=O)C(F)(F)F. The van der Waals surface area contributed by atoms with Gasteiger partial charge < -0.3 is 33.4 Å². The van der Waals surface area contributed by atoms with Gasteiger partial charge in [-0.15, -0.1) is 5.10 Å². The number of hydrogen-bond donors (Lipinski definition) is 2. The first kappa shape index (κ1) is 46.0. The van der Waals surface area contributed by atoms with Crippen molar-refractivity contribution in [1.29, 1.82) is 0 Å². The molecule has 318 valence electrons. The van der Waals surface area contributed by atoms with Gasteiger partial charge >= 0.3 is 30.0 Å². The Labute approximate surface area is 340 Å². The summed E-state index contributed by atoms with van der Waals surface area (Å²) >= 11 is 3.63. The summed E-state index contributed by atoms with van der Waals surface area (Å²) in [5.74, 6) is -3.85. The highest BCUT2D eigenvalue weighted by Crippen LogP contribution is 2.35. The number of carbonyl (C=O) groups excluding carboxylic acids is 4. The highest BCUT2D eigenvalue weighted by Gasteiger charge is 2.46. The lowest BCUT2D eigenvalue weighted by Crippen LogP contribution is -2.54. The number of amides is 1. The smallest absolute Gasteiger partial charge is 0.471 e. The Morgan fingerprint density at radius 3 is 2.41 bits per heavy atom. The van der Waals surface area contributed by atoms with E-state index in [4.69, 9.17) is 23.7 Å². The molecule has 58 heavy (non-hydrogen) atoms. The van der Waals surface area contributed by atoms with Crippen molar-refractivity contribution in [2.45, 2.75) is 104 Å². The zero-order valence-corrected chi connectivity index (χ0v) is 33.7. The van der Waals surface area contributed by atoms with Gasteiger partial charge in [-0.2, -0.15) is 13.2 Å². The van der Waals surface area contributed by atoms with Crippen LogP contribution in [0.5, 0.6) is 5.75 Å². The molecular weight excluding hydrogens is 788 g/mol. The molecule has 3 aromatic rings.